The van der Waals surface area contributed by atoms with Crippen molar-refractivity contribution in [3.05, 3.63) is 63.5 Å². The molecule has 0 radical (unpaired) electrons. The maximum Gasteiger partial charge on any atom is 0.270 e. The predicted octanol–water partition coefficient (Wildman–Crippen LogP) is 6.03. The van der Waals surface area contributed by atoms with E-state index in [0.717, 1.165) is 40.9 Å². The number of unbranched alkanes of at least 4 members (excludes halogenated alkanes) is 1. The van der Waals surface area contributed by atoms with E-state index in [1.165, 1.54) is 11.8 Å². The summed E-state index contributed by atoms with van der Waals surface area (Å²) in [5.41, 5.74) is 1.72. The minimum Gasteiger partial charge on any atom is -0.494 e. The van der Waals surface area contributed by atoms with Crippen molar-refractivity contribution in [3.8, 4) is 5.75 Å². The number of hydrogen-bond donors (Lipinski definition) is 0. The molecule has 1 heterocycles. The van der Waals surface area contributed by atoms with Gasteiger partial charge in [0.25, 0.3) is 5.91 Å². The van der Waals surface area contributed by atoms with Crippen molar-refractivity contribution in [1.82, 2.24) is 0 Å². The Balaban J connectivity index is 1.75. The van der Waals surface area contributed by atoms with Crippen LogP contribution in [0.15, 0.2) is 57.9 Å². The fraction of sp³-hybridized carbons (Fsp3) is 0.200. The standard InChI is InChI=1S/C20H18BrNO2S2/c1-2-3-11-24-17-9-7-14(8-10-17)12-18-19(23)22(20(25)26-18)16-6-4-5-15(21)13-16/h4-10,12-13H,2-3,11H2,1H3/b18-12-. The smallest absolute Gasteiger partial charge is 0.270 e. The molecule has 0 unspecified atom stereocenters. The first kappa shape index (κ1) is 19.1. The second kappa shape index (κ2) is 8.84. The lowest BCUT2D eigenvalue weighted by Crippen LogP contribution is -2.27. The van der Waals surface area contributed by atoms with E-state index < -0.39 is 0 Å². The largest absolute Gasteiger partial charge is 0.494 e. The molecule has 26 heavy (non-hydrogen) atoms. The van der Waals surface area contributed by atoms with Gasteiger partial charge in [-0.1, -0.05) is 71.5 Å². The molecule has 0 saturated carbocycles. The Morgan fingerprint density at radius 2 is 2.00 bits per heavy atom. The number of thioether (sulfide) groups is 1. The predicted molar refractivity (Wildman–Crippen MR) is 117 cm³/mol. The first-order valence-electron chi connectivity index (χ1n) is 8.35. The summed E-state index contributed by atoms with van der Waals surface area (Å²) in [6.45, 7) is 2.86. The van der Waals surface area contributed by atoms with Gasteiger partial charge in [-0.05, 0) is 48.4 Å². The van der Waals surface area contributed by atoms with E-state index >= 15 is 0 Å². The molecule has 0 bridgehead atoms. The number of halogens is 1. The van der Waals surface area contributed by atoms with Gasteiger partial charge in [0.15, 0.2) is 4.32 Å². The van der Waals surface area contributed by atoms with Gasteiger partial charge >= 0.3 is 0 Å². The zero-order valence-electron chi connectivity index (χ0n) is 14.3. The highest BCUT2D eigenvalue weighted by Crippen LogP contribution is 2.36. The van der Waals surface area contributed by atoms with Gasteiger partial charge in [-0.3, -0.25) is 9.69 Å². The number of benzene rings is 2. The summed E-state index contributed by atoms with van der Waals surface area (Å²) in [5, 5.41) is 0. The number of rotatable bonds is 6. The number of anilines is 1. The minimum atomic E-state index is -0.0960. The quantitative estimate of drug-likeness (QED) is 0.307. The van der Waals surface area contributed by atoms with E-state index in [-0.39, 0.29) is 5.91 Å². The average Bonchev–Trinajstić information content (AvgIpc) is 2.90. The minimum absolute atomic E-state index is 0.0960. The summed E-state index contributed by atoms with van der Waals surface area (Å²) in [4.78, 5) is 15.0. The van der Waals surface area contributed by atoms with Gasteiger partial charge in [-0.25, -0.2) is 0 Å². The van der Waals surface area contributed by atoms with Crippen molar-refractivity contribution >= 4 is 61.9 Å². The summed E-state index contributed by atoms with van der Waals surface area (Å²) in [6, 6.07) is 15.3. The number of carbonyl (C=O) groups excluding carboxylic acids is 1. The van der Waals surface area contributed by atoms with Crippen LogP contribution in [0.3, 0.4) is 0 Å². The number of nitrogens with zero attached hydrogens (tertiary/aromatic N) is 1. The van der Waals surface area contributed by atoms with Gasteiger partial charge in [0.2, 0.25) is 0 Å². The van der Waals surface area contributed by atoms with Crippen molar-refractivity contribution in [2.75, 3.05) is 11.5 Å². The Morgan fingerprint density at radius 3 is 2.69 bits per heavy atom. The van der Waals surface area contributed by atoms with Gasteiger partial charge in [-0.2, -0.15) is 0 Å². The Morgan fingerprint density at radius 1 is 1.23 bits per heavy atom. The average molecular weight is 448 g/mol. The van der Waals surface area contributed by atoms with Crippen molar-refractivity contribution in [2.45, 2.75) is 19.8 Å². The van der Waals surface area contributed by atoms with Gasteiger partial charge in [-0.15, -0.1) is 0 Å². The van der Waals surface area contributed by atoms with Crippen LogP contribution in [-0.2, 0) is 4.79 Å². The summed E-state index contributed by atoms with van der Waals surface area (Å²) in [6.07, 6.45) is 4.02. The van der Waals surface area contributed by atoms with Crippen LogP contribution in [0.25, 0.3) is 6.08 Å². The molecule has 1 saturated heterocycles. The number of hydrogen-bond acceptors (Lipinski definition) is 4. The molecule has 0 N–H and O–H groups in total. The van der Waals surface area contributed by atoms with E-state index in [1.54, 1.807) is 4.90 Å². The lowest BCUT2D eigenvalue weighted by atomic mass is 10.2. The molecule has 2 aromatic carbocycles. The van der Waals surface area contributed by atoms with E-state index in [2.05, 4.69) is 22.9 Å². The Labute approximate surface area is 171 Å². The van der Waals surface area contributed by atoms with Crippen molar-refractivity contribution < 1.29 is 9.53 Å². The molecule has 0 atom stereocenters. The monoisotopic (exact) mass is 447 g/mol. The summed E-state index contributed by atoms with van der Waals surface area (Å²) in [5.74, 6) is 0.749. The molecule has 3 rings (SSSR count). The molecule has 2 aromatic rings. The number of amides is 1. The highest BCUT2D eigenvalue weighted by atomic mass is 79.9. The molecule has 6 heteroatoms. The summed E-state index contributed by atoms with van der Waals surface area (Å²) in [7, 11) is 0. The van der Waals surface area contributed by atoms with Crippen LogP contribution in [0, 0.1) is 0 Å². The van der Waals surface area contributed by atoms with E-state index in [9.17, 15) is 4.79 Å². The fourth-order valence-electron chi connectivity index (χ4n) is 2.45. The Kier molecular flexibility index (Phi) is 6.51. The van der Waals surface area contributed by atoms with E-state index in [4.69, 9.17) is 17.0 Å². The second-order valence-corrected chi connectivity index (χ2v) is 8.36. The van der Waals surface area contributed by atoms with Crippen LogP contribution in [-0.4, -0.2) is 16.8 Å². The number of thiocarbonyl (C=S) groups is 1. The van der Waals surface area contributed by atoms with Crippen LogP contribution in [0.2, 0.25) is 0 Å². The van der Waals surface area contributed by atoms with Crippen molar-refractivity contribution in [3.63, 3.8) is 0 Å². The lowest BCUT2D eigenvalue weighted by Gasteiger charge is -2.14. The molecule has 134 valence electrons. The normalized spacial score (nSPS) is 15.8. The van der Waals surface area contributed by atoms with Gasteiger partial charge in [0.1, 0.15) is 5.75 Å². The van der Waals surface area contributed by atoms with Crippen molar-refractivity contribution in [2.24, 2.45) is 0 Å². The van der Waals surface area contributed by atoms with Gasteiger partial charge < -0.3 is 4.74 Å². The van der Waals surface area contributed by atoms with Gasteiger partial charge in [0, 0.05) is 4.47 Å². The third-order valence-corrected chi connectivity index (χ3v) is 5.60. The first-order valence-corrected chi connectivity index (χ1v) is 10.4. The molecule has 0 aromatic heterocycles. The number of ether oxygens (including phenoxy) is 1. The Hall–Kier alpha value is -1.63. The van der Waals surface area contributed by atoms with Crippen LogP contribution in [0.5, 0.6) is 5.75 Å². The maximum atomic E-state index is 12.8. The topological polar surface area (TPSA) is 29.5 Å². The third-order valence-electron chi connectivity index (χ3n) is 3.80. The molecule has 0 spiro atoms. The summed E-state index contributed by atoms with van der Waals surface area (Å²) >= 11 is 10.2. The SMILES string of the molecule is CCCCOc1ccc(/C=C2\SC(=S)N(c3cccc(Br)c3)C2=O)cc1. The van der Waals surface area contributed by atoms with E-state index in [1.807, 2.05) is 54.6 Å². The molecular weight excluding hydrogens is 430 g/mol. The molecule has 1 aliphatic rings. The molecule has 3 nitrogen and oxygen atoms in total. The molecular formula is C20H18BrNO2S2. The van der Waals surface area contributed by atoms with Crippen LogP contribution >= 0.6 is 39.9 Å². The molecule has 0 aliphatic carbocycles. The summed E-state index contributed by atoms with van der Waals surface area (Å²) < 4.78 is 7.12. The molecule has 1 fully saturated rings. The fourth-order valence-corrected chi connectivity index (χ4v) is 4.14. The second-order valence-electron chi connectivity index (χ2n) is 5.77. The zero-order chi connectivity index (χ0) is 18.5. The highest BCUT2D eigenvalue weighted by Gasteiger charge is 2.33. The first-order chi connectivity index (χ1) is 12.6. The lowest BCUT2D eigenvalue weighted by molar-refractivity contribution is -0.113. The van der Waals surface area contributed by atoms with Crippen LogP contribution in [0.1, 0.15) is 25.3 Å². The number of carbonyl (C=O) groups is 1. The van der Waals surface area contributed by atoms with Gasteiger partial charge in [0.05, 0.1) is 17.2 Å². The highest BCUT2D eigenvalue weighted by molar-refractivity contribution is 9.10. The van der Waals surface area contributed by atoms with Crippen molar-refractivity contribution in [1.29, 1.82) is 0 Å². The molecule has 1 aliphatic heterocycles. The van der Waals surface area contributed by atoms with E-state index in [0.29, 0.717) is 9.23 Å². The Bertz CT molecular complexity index is 849. The zero-order valence-corrected chi connectivity index (χ0v) is 17.5. The maximum absolute atomic E-state index is 12.8. The molecule has 1 amide bonds. The van der Waals surface area contributed by atoms with Crippen LogP contribution in [0.4, 0.5) is 5.69 Å². The van der Waals surface area contributed by atoms with Crippen LogP contribution < -0.4 is 9.64 Å². The third kappa shape index (κ3) is 4.55.